The third-order valence-electron chi connectivity index (χ3n) is 3.90. The average molecular weight is 221 g/mol. The molecular weight excluding hydrogens is 202 g/mol. The van der Waals surface area contributed by atoms with E-state index in [4.69, 9.17) is 4.98 Å². The number of nitrogens with zero attached hydrogens (tertiary/aromatic N) is 1. The standard InChI is InChI=1S/C13H19NS/c1-9-2-4-11(5-3-9)13-14-12(8-15-13)10-6-7-10/h8-11H,2-7H2,1H3. The molecule has 1 nitrogen and oxygen atoms in total. The third-order valence-corrected chi connectivity index (χ3v) is 4.93. The summed E-state index contributed by atoms with van der Waals surface area (Å²) in [6.07, 6.45) is 8.32. The van der Waals surface area contributed by atoms with Crippen LogP contribution in [-0.4, -0.2) is 4.98 Å². The van der Waals surface area contributed by atoms with Gasteiger partial charge in [-0.15, -0.1) is 11.3 Å². The average Bonchev–Trinajstić information content (AvgIpc) is 2.99. The summed E-state index contributed by atoms with van der Waals surface area (Å²) in [5.41, 5.74) is 1.40. The molecule has 0 spiro atoms. The Morgan fingerprint density at radius 2 is 1.73 bits per heavy atom. The van der Waals surface area contributed by atoms with Gasteiger partial charge < -0.3 is 0 Å². The van der Waals surface area contributed by atoms with Gasteiger partial charge in [-0.25, -0.2) is 4.98 Å². The normalized spacial score (nSPS) is 31.8. The quantitative estimate of drug-likeness (QED) is 0.725. The monoisotopic (exact) mass is 221 g/mol. The molecule has 2 saturated carbocycles. The van der Waals surface area contributed by atoms with Gasteiger partial charge in [0.1, 0.15) is 0 Å². The minimum absolute atomic E-state index is 0.790. The van der Waals surface area contributed by atoms with Crippen molar-refractivity contribution in [3.05, 3.63) is 16.1 Å². The number of thiazole rings is 1. The fourth-order valence-corrected chi connectivity index (χ4v) is 3.63. The van der Waals surface area contributed by atoms with Crippen LogP contribution in [-0.2, 0) is 0 Å². The Bertz CT molecular complexity index is 332. The molecule has 0 amide bonds. The summed E-state index contributed by atoms with van der Waals surface area (Å²) in [7, 11) is 0. The van der Waals surface area contributed by atoms with E-state index >= 15 is 0 Å². The van der Waals surface area contributed by atoms with Crippen molar-refractivity contribution in [3.8, 4) is 0 Å². The van der Waals surface area contributed by atoms with Crippen LogP contribution in [0, 0.1) is 5.92 Å². The van der Waals surface area contributed by atoms with E-state index in [0.29, 0.717) is 0 Å². The van der Waals surface area contributed by atoms with Crippen molar-refractivity contribution >= 4 is 11.3 Å². The highest BCUT2D eigenvalue weighted by molar-refractivity contribution is 7.09. The predicted molar refractivity (Wildman–Crippen MR) is 64.5 cm³/mol. The van der Waals surface area contributed by atoms with E-state index in [1.807, 2.05) is 11.3 Å². The van der Waals surface area contributed by atoms with Gasteiger partial charge in [0.25, 0.3) is 0 Å². The summed E-state index contributed by atoms with van der Waals surface area (Å²) in [6.45, 7) is 2.38. The van der Waals surface area contributed by atoms with Gasteiger partial charge in [-0.3, -0.25) is 0 Å². The van der Waals surface area contributed by atoms with Crippen LogP contribution in [0.5, 0.6) is 0 Å². The van der Waals surface area contributed by atoms with Gasteiger partial charge in [0.05, 0.1) is 10.7 Å². The number of aromatic nitrogens is 1. The van der Waals surface area contributed by atoms with Crippen molar-refractivity contribution in [2.75, 3.05) is 0 Å². The lowest BCUT2D eigenvalue weighted by Crippen LogP contribution is -2.10. The van der Waals surface area contributed by atoms with Crippen LogP contribution in [0.2, 0.25) is 0 Å². The lowest BCUT2D eigenvalue weighted by molar-refractivity contribution is 0.347. The summed E-state index contributed by atoms with van der Waals surface area (Å²) in [5, 5.41) is 3.74. The van der Waals surface area contributed by atoms with E-state index in [1.165, 1.54) is 49.2 Å². The molecule has 0 aliphatic heterocycles. The molecule has 0 atom stereocenters. The molecule has 0 aromatic carbocycles. The van der Waals surface area contributed by atoms with Crippen LogP contribution in [0.15, 0.2) is 5.38 Å². The van der Waals surface area contributed by atoms with Crippen molar-refractivity contribution in [2.45, 2.75) is 57.3 Å². The highest BCUT2D eigenvalue weighted by atomic mass is 32.1. The first-order valence-corrected chi connectivity index (χ1v) is 7.16. The molecule has 15 heavy (non-hydrogen) atoms. The zero-order valence-electron chi connectivity index (χ0n) is 9.41. The second-order valence-corrected chi connectivity index (χ2v) is 6.23. The molecule has 0 bridgehead atoms. The number of hydrogen-bond donors (Lipinski definition) is 0. The van der Waals surface area contributed by atoms with Gasteiger partial charge in [-0.1, -0.05) is 19.8 Å². The molecule has 0 unspecified atom stereocenters. The second-order valence-electron chi connectivity index (χ2n) is 5.34. The first-order chi connectivity index (χ1) is 7.33. The molecule has 82 valence electrons. The summed E-state index contributed by atoms with van der Waals surface area (Å²) in [5.74, 6) is 2.57. The fraction of sp³-hybridized carbons (Fsp3) is 0.769. The van der Waals surface area contributed by atoms with Gasteiger partial charge in [-0.05, 0) is 31.6 Å². The number of hydrogen-bond acceptors (Lipinski definition) is 2. The maximum absolute atomic E-state index is 4.84. The number of rotatable bonds is 2. The van der Waals surface area contributed by atoms with E-state index in [0.717, 1.165) is 17.8 Å². The zero-order chi connectivity index (χ0) is 10.3. The third kappa shape index (κ3) is 2.10. The lowest BCUT2D eigenvalue weighted by atomic mass is 9.83. The Labute approximate surface area is 95.9 Å². The molecule has 2 aliphatic rings. The fourth-order valence-electron chi connectivity index (χ4n) is 2.56. The van der Waals surface area contributed by atoms with E-state index in [2.05, 4.69) is 12.3 Å². The van der Waals surface area contributed by atoms with E-state index in [-0.39, 0.29) is 0 Å². The summed E-state index contributed by atoms with van der Waals surface area (Å²) in [4.78, 5) is 4.84. The Morgan fingerprint density at radius 1 is 1.07 bits per heavy atom. The Balaban J connectivity index is 1.69. The first kappa shape index (κ1) is 9.83. The molecule has 2 aliphatic carbocycles. The van der Waals surface area contributed by atoms with Crippen LogP contribution in [0.1, 0.15) is 68.0 Å². The largest absolute Gasteiger partial charge is 0.246 e. The molecule has 1 aromatic rings. The molecule has 3 rings (SSSR count). The van der Waals surface area contributed by atoms with Crippen LogP contribution in [0.3, 0.4) is 0 Å². The molecular formula is C13H19NS. The van der Waals surface area contributed by atoms with Crippen LogP contribution in [0.4, 0.5) is 0 Å². The summed E-state index contributed by atoms with van der Waals surface area (Å²) < 4.78 is 0. The minimum Gasteiger partial charge on any atom is -0.246 e. The van der Waals surface area contributed by atoms with Gasteiger partial charge in [0.2, 0.25) is 0 Å². The molecule has 1 aromatic heterocycles. The Kier molecular flexibility index (Phi) is 2.55. The Morgan fingerprint density at radius 3 is 2.40 bits per heavy atom. The molecule has 2 heteroatoms. The van der Waals surface area contributed by atoms with Crippen molar-refractivity contribution in [1.82, 2.24) is 4.98 Å². The van der Waals surface area contributed by atoms with E-state index in [9.17, 15) is 0 Å². The van der Waals surface area contributed by atoms with Gasteiger partial charge in [0.15, 0.2) is 0 Å². The summed E-state index contributed by atoms with van der Waals surface area (Å²) >= 11 is 1.91. The predicted octanol–water partition coefficient (Wildman–Crippen LogP) is 4.31. The van der Waals surface area contributed by atoms with Gasteiger partial charge >= 0.3 is 0 Å². The van der Waals surface area contributed by atoms with E-state index in [1.54, 1.807) is 0 Å². The molecule has 0 saturated heterocycles. The minimum atomic E-state index is 0.790. The van der Waals surface area contributed by atoms with Crippen molar-refractivity contribution in [2.24, 2.45) is 5.92 Å². The van der Waals surface area contributed by atoms with Crippen molar-refractivity contribution in [1.29, 1.82) is 0 Å². The van der Waals surface area contributed by atoms with Gasteiger partial charge in [-0.2, -0.15) is 0 Å². The molecule has 2 fully saturated rings. The van der Waals surface area contributed by atoms with Crippen molar-refractivity contribution in [3.63, 3.8) is 0 Å². The van der Waals surface area contributed by atoms with Crippen LogP contribution in [0.25, 0.3) is 0 Å². The first-order valence-electron chi connectivity index (χ1n) is 6.28. The molecule has 0 N–H and O–H groups in total. The highest BCUT2D eigenvalue weighted by Crippen LogP contribution is 2.43. The smallest absolute Gasteiger partial charge is 0.0959 e. The maximum Gasteiger partial charge on any atom is 0.0959 e. The topological polar surface area (TPSA) is 12.9 Å². The zero-order valence-corrected chi connectivity index (χ0v) is 10.2. The Hall–Kier alpha value is -0.370. The summed E-state index contributed by atoms with van der Waals surface area (Å²) in [6, 6.07) is 0. The second kappa shape index (κ2) is 3.89. The van der Waals surface area contributed by atoms with E-state index < -0.39 is 0 Å². The SMILES string of the molecule is CC1CCC(c2nc(C3CC3)cs2)CC1. The molecule has 0 radical (unpaired) electrons. The van der Waals surface area contributed by atoms with Crippen LogP contribution >= 0.6 is 11.3 Å². The van der Waals surface area contributed by atoms with Crippen LogP contribution < -0.4 is 0 Å². The highest BCUT2D eigenvalue weighted by Gasteiger charge is 2.28. The van der Waals surface area contributed by atoms with Gasteiger partial charge in [0, 0.05) is 17.2 Å². The lowest BCUT2D eigenvalue weighted by Gasteiger charge is -2.24. The van der Waals surface area contributed by atoms with Crippen molar-refractivity contribution < 1.29 is 0 Å². The molecule has 1 heterocycles. The maximum atomic E-state index is 4.84.